The van der Waals surface area contributed by atoms with Crippen LogP contribution in [0.4, 0.5) is 13.2 Å². The molecule has 4 aromatic rings. The first-order valence-electron chi connectivity index (χ1n) is 11.2. The Balaban J connectivity index is 1.45. The minimum absolute atomic E-state index is 0.111. The highest BCUT2D eigenvalue weighted by Gasteiger charge is 2.35. The average molecular weight is 485 g/mol. The normalized spacial score (nSPS) is 16.8. The lowest BCUT2D eigenvalue weighted by atomic mass is 9.97. The van der Waals surface area contributed by atoms with Crippen LogP contribution in [0.2, 0.25) is 0 Å². The van der Waals surface area contributed by atoms with Crippen molar-refractivity contribution in [1.29, 1.82) is 0 Å². The molecule has 34 heavy (non-hydrogen) atoms. The molecule has 0 unspecified atom stereocenters. The van der Waals surface area contributed by atoms with E-state index in [-0.39, 0.29) is 17.6 Å². The number of hydrogen-bond acceptors (Lipinski definition) is 4. The Morgan fingerprint density at radius 3 is 2.68 bits per heavy atom. The Labute approximate surface area is 198 Å². The molecule has 0 spiro atoms. The highest BCUT2D eigenvalue weighted by molar-refractivity contribution is 7.15. The molecule has 1 amide bonds. The van der Waals surface area contributed by atoms with E-state index in [0.29, 0.717) is 24.4 Å². The molecule has 0 radical (unpaired) electrons. The molecule has 4 heterocycles. The first-order chi connectivity index (χ1) is 16.3. The fourth-order valence-corrected chi connectivity index (χ4v) is 5.51. The second kappa shape index (κ2) is 8.87. The first-order valence-corrected chi connectivity index (χ1v) is 12.0. The summed E-state index contributed by atoms with van der Waals surface area (Å²) in [5, 5.41) is 0.816. The molecule has 1 aromatic carbocycles. The highest BCUT2D eigenvalue weighted by Crippen LogP contribution is 2.34. The van der Waals surface area contributed by atoms with E-state index >= 15 is 0 Å². The summed E-state index contributed by atoms with van der Waals surface area (Å²) >= 11 is 1.49. The summed E-state index contributed by atoms with van der Waals surface area (Å²) in [7, 11) is 0. The maximum atomic E-state index is 13.7. The van der Waals surface area contributed by atoms with Crippen LogP contribution in [-0.2, 0) is 12.6 Å². The number of thiazole rings is 1. The van der Waals surface area contributed by atoms with Crippen molar-refractivity contribution >= 4 is 22.9 Å². The van der Waals surface area contributed by atoms with Gasteiger partial charge in [-0.2, -0.15) is 13.2 Å². The van der Waals surface area contributed by atoms with Gasteiger partial charge in [-0.15, -0.1) is 11.3 Å². The van der Waals surface area contributed by atoms with E-state index in [4.69, 9.17) is 0 Å². The molecule has 0 bridgehead atoms. The van der Waals surface area contributed by atoms with Gasteiger partial charge in [0.1, 0.15) is 11.3 Å². The van der Waals surface area contributed by atoms with Gasteiger partial charge >= 0.3 is 6.18 Å². The number of aryl methyl sites for hydroxylation is 1. The maximum absolute atomic E-state index is 13.7. The van der Waals surface area contributed by atoms with Crippen molar-refractivity contribution in [3.8, 4) is 10.4 Å². The lowest BCUT2D eigenvalue weighted by Crippen LogP contribution is -2.45. The Morgan fingerprint density at radius 2 is 1.91 bits per heavy atom. The monoisotopic (exact) mass is 484 g/mol. The molecule has 1 atom stereocenters. The molecule has 5 nitrogen and oxygen atoms in total. The topological polar surface area (TPSA) is 50.5 Å². The maximum Gasteiger partial charge on any atom is 0.419 e. The second-order valence-corrected chi connectivity index (χ2v) is 9.71. The smallest absolute Gasteiger partial charge is 0.334 e. The minimum Gasteiger partial charge on any atom is -0.334 e. The van der Waals surface area contributed by atoms with Gasteiger partial charge < -0.3 is 9.30 Å². The summed E-state index contributed by atoms with van der Waals surface area (Å²) in [6.07, 6.45) is 1.73. The standard InChI is InChI=1S/C25H23F3N4OS/c1-16-29-21(22(34-16)17-8-3-2-4-9-17)24(33)32-13-6-5-10-19(32)14-18-15-31-12-7-11-20(23(31)30-18)25(26,27)28/h2-4,7-9,11-12,15,19H,5-6,10,13-14H2,1H3/t19-/m0/s1. The molecule has 1 fully saturated rings. The lowest BCUT2D eigenvalue weighted by molar-refractivity contribution is -0.136. The average Bonchev–Trinajstić information content (AvgIpc) is 3.41. The fraction of sp³-hybridized carbons (Fsp3) is 0.320. The molecule has 0 saturated carbocycles. The number of fused-ring (bicyclic) bond motifs is 1. The summed E-state index contributed by atoms with van der Waals surface area (Å²) in [6, 6.07) is 12.0. The number of carbonyl (C=O) groups is 1. The fourth-order valence-electron chi connectivity index (χ4n) is 4.60. The summed E-state index contributed by atoms with van der Waals surface area (Å²) in [5.74, 6) is -0.132. The summed E-state index contributed by atoms with van der Waals surface area (Å²) in [5.41, 5.74) is 1.06. The third kappa shape index (κ3) is 4.32. The van der Waals surface area contributed by atoms with Crippen molar-refractivity contribution in [2.24, 2.45) is 0 Å². The number of pyridine rings is 1. The first kappa shape index (κ1) is 22.6. The van der Waals surface area contributed by atoms with E-state index in [9.17, 15) is 18.0 Å². The SMILES string of the molecule is Cc1nc(C(=O)N2CCCC[C@H]2Cc2cn3cccc(C(F)(F)F)c3n2)c(-c2ccccc2)s1. The third-order valence-corrected chi connectivity index (χ3v) is 7.16. The number of nitrogens with zero attached hydrogens (tertiary/aromatic N) is 4. The van der Waals surface area contributed by atoms with Crippen LogP contribution in [0.3, 0.4) is 0 Å². The Morgan fingerprint density at radius 1 is 1.12 bits per heavy atom. The van der Waals surface area contributed by atoms with E-state index in [1.54, 1.807) is 12.4 Å². The summed E-state index contributed by atoms with van der Waals surface area (Å²) in [6.45, 7) is 2.48. The van der Waals surface area contributed by atoms with Crippen LogP contribution < -0.4 is 0 Å². The lowest BCUT2D eigenvalue weighted by Gasteiger charge is -2.35. The molecule has 5 rings (SSSR count). The second-order valence-electron chi connectivity index (χ2n) is 8.51. The number of piperidine rings is 1. The molecule has 0 aliphatic carbocycles. The Kier molecular flexibility index (Phi) is 5.89. The van der Waals surface area contributed by atoms with Crippen molar-refractivity contribution in [2.75, 3.05) is 6.54 Å². The Hall–Kier alpha value is -3.20. The van der Waals surface area contributed by atoms with Gasteiger partial charge in [-0.05, 0) is 43.9 Å². The van der Waals surface area contributed by atoms with Crippen LogP contribution >= 0.6 is 11.3 Å². The zero-order valence-electron chi connectivity index (χ0n) is 18.5. The molecular formula is C25H23F3N4OS. The third-order valence-electron chi connectivity index (χ3n) is 6.14. The molecule has 1 aliphatic rings. The quantitative estimate of drug-likeness (QED) is 0.356. The number of carbonyl (C=O) groups excluding carboxylic acids is 1. The van der Waals surface area contributed by atoms with E-state index in [1.807, 2.05) is 42.2 Å². The number of alkyl halides is 3. The van der Waals surface area contributed by atoms with Crippen LogP contribution in [-0.4, -0.2) is 37.8 Å². The number of rotatable bonds is 4. The van der Waals surface area contributed by atoms with Crippen LogP contribution in [0.15, 0.2) is 54.9 Å². The van der Waals surface area contributed by atoms with Crippen molar-refractivity contribution in [3.05, 3.63) is 76.8 Å². The highest BCUT2D eigenvalue weighted by atomic mass is 32.1. The van der Waals surface area contributed by atoms with Gasteiger partial charge in [0.15, 0.2) is 0 Å². The molecule has 3 aromatic heterocycles. The van der Waals surface area contributed by atoms with Gasteiger partial charge in [-0.25, -0.2) is 9.97 Å². The number of halogens is 3. The van der Waals surface area contributed by atoms with Gasteiger partial charge in [0.25, 0.3) is 5.91 Å². The van der Waals surface area contributed by atoms with Crippen molar-refractivity contribution in [2.45, 2.75) is 44.8 Å². The number of amides is 1. The molecule has 176 valence electrons. The van der Waals surface area contributed by atoms with Gasteiger partial charge in [0.2, 0.25) is 0 Å². The predicted molar refractivity (Wildman–Crippen MR) is 125 cm³/mol. The van der Waals surface area contributed by atoms with E-state index in [1.165, 1.54) is 21.8 Å². The zero-order valence-corrected chi connectivity index (χ0v) is 19.4. The van der Waals surface area contributed by atoms with Crippen molar-refractivity contribution in [3.63, 3.8) is 0 Å². The number of imidazole rings is 1. The van der Waals surface area contributed by atoms with Crippen LogP contribution in [0.1, 0.15) is 46.0 Å². The van der Waals surface area contributed by atoms with Crippen molar-refractivity contribution in [1.82, 2.24) is 19.3 Å². The van der Waals surface area contributed by atoms with Gasteiger partial charge in [0, 0.05) is 31.4 Å². The molecule has 0 N–H and O–H groups in total. The van der Waals surface area contributed by atoms with Crippen molar-refractivity contribution < 1.29 is 18.0 Å². The Bertz CT molecular complexity index is 1330. The molecule has 9 heteroatoms. The van der Waals surface area contributed by atoms with Gasteiger partial charge in [0.05, 0.1) is 21.1 Å². The summed E-state index contributed by atoms with van der Waals surface area (Å²) in [4.78, 5) is 25.2. The number of hydrogen-bond donors (Lipinski definition) is 0. The molecular weight excluding hydrogens is 461 g/mol. The summed E-state index contributed by atoms with van der Waals surface area (Å²) < 4.78 is 41.6. The van der Waals surface area contributed by atoms with Crippen LogP contribution in [0.5, 0.6) is 0 Å². The number of benzene rings is 1. The largest absolute Gasteiger partial charge is 0.419 e. The van der Waals surface area contributed by atoms with E-state index in [2.05, 4.69) is 9.97 Å². The molecule has 1 saturated heterocycles. The zero-order chi connectivity index (χ0) is 23.9. The van der Waals surface area contributed by atoms with E-state index in [0.717, 1.165) is 40.8 Å². The van der Waals surface area contributed by atoms with Gasteiger partial charge in [-0.1, -0.05) is 30.3 Å². The van der Waals surface area contributed by atoms with Crippen LogP contribution in [0, 0.1) is 6.92 Å². The van der Waals surface area contributed by atoms with Crippen LogP contribution in [0.25, 0.3) is 16.1 Å². The van der Waals surface area contributed by atoms with E-state index < -0.39 is 11.7 Å². The molecule has 1 aliphatic heterocycles. The number of likely N-dealkylation sites (tertiary alicyclic amines) is 1. The van der Waals surface area contributed by atoms with Gasteiger partial charge in [-0.3, -0.25) is 4.79 Å². The predicted octanol–water partition coefficient (Wildman–Crippen LogP) is 6.02. The number of aromatic nitrogens is 3. The minimum atomic E-state index is -4.48.